The molecule has 0 aliphatic carbocycles. The van der Waals surface area contributed by atoms with Gasteiger partial charge in [0.2, 0.25) is 0 Å². The SMILES string of the molecule is CC(=O)CCC(C)=O.COC. The highest BCUT2D eigenvalue weighted by Crippen LogP contribution is 1.89. The van der Waals surface area contributed by atoms with Crippen LogP contribution in [0.2, 0.25) is 0 Å². The normalized spacial score (nSPS) is 8.00. The van der Waals surface area contributed by atoms with Crippen LogP contribution in [-0.2, 0) is 14.3 Å². The maximum absolute atomic E-state index is 10.2. The molecule has 0 aliphatic rings. The summed E-state index contributed by atoms with van der Waals surface area (Å²) in [5, 5.41) is 0. The fourth-order valence-corrected chi connectivity index (χ4v) is 0.352. The summed E-state index contributed by atoms with van der Waals surface area (Å²) in [7, 11) is 3.25. The molecule has 0 aromatic rings. The van der Waals surface area contributed by atoms with E-state index in [0.29, 0.717) is 12.8 Å². The lowest BCUT2D eigenvalue weighted by Gasteiger charge is -1.86. The molecule has 0 saturated carbocycles. The molecule has 0 spiro atoms. The average Bonchev–Trinajstić information content (AvgIpc) is 1.85. The fraction of sp³-hybridized carbons (Fsp3) is 0.750. The number of ketones is 2. The molecule has 0 amide bonds. The van der Waals surface area contributed by atoms with Gasteiger partial charge in [0.1, 0.15) is 11.6 Å². The third-order valence-corrected chi connectivity index (χ3v) is 0.829. The second-order valence-electron chi connectivity index (χ2n) is 2.31. The number of Topliss-reactive ketones (excluding diaryl/α,β-unsaturated/α-hetero) is 2. The summed E-state index contributed by atoms with van der Waals surface area (Å²) in [5.41, 5.74) is 0. The van der Waals surface area contributed by atoms with E-state index in [4.69, 9.17) is 0 Å². The van der Waals surface area contributed by atoms with Crippen LogP contribution in [-0.4, -0.2) is 25.8 Å². The fourth-order valence-electron chi connectivity index (χ4n) is 0.352. The van der Waals surface area contributed by atoms with E-state index in [1.165, 1.54) is 13.8 Å². The highest BCUT2D eigenvalue weighted by atomic mass is 16.4. The van der Waals surface area contributed by atoms with E-state index in [1.807, 2.05) is 0 Å². The van der Waals surface area contributed by atoms with Crippen molar-refractivity contribution in [2.75, 3.05) is 14.2 Å². The lowest BCUT2D eigenvalue weighted by Crippen LogP contribution is -1.95. The summed E-state index contributed by atoms with van der Waals surface area (Å²) in [4.78, 5) is 20.4. The first-order valence-electron chi connectivity index (χ1n) is 3.43. The summed E-state index contributed by atoms with van der Waals surface area (Å²) in [6, 6.07) is 0. The van der Waals surface area contributed by atoms with Gasteiger partial charge in [0.25, 0.3) is 0 Å². The first kappa shape index (κ1) is 12.9. The molecule has 0 aromatic carbocycles. The van der Waals surface area contributed by atoms with E-state index in [9.17, 15) is 9.59 Å². The number of hydrogen-bond donors (Lipinski definition) is 0. The molecule has 0 fully saturated rings. The van der Waals surface area contributed by atoms with Crippen LogP contribution in [0.25, 0.3) is 0 Å². The van der Waals surface area contributed by atoms with Crippen molar-refractivity contribution < 1.29 is 14.3 Å². The molecule has 0 radical (unpaired) electrons. The Bertz CT molecular complexity index is 105. The van der Waals surface area contributed by atoms with Gasteiger partial charge in [0, 0.05) is 27.1 Å². The summed E-state index contributed by atoms with van der Waals surface area (Å²) < 4.78 is 4.25. The maximum Gasteiger partial charge on any atom is 0.130 e. The number of carbonyl (C=O) groups is 2. The lowest BCUT2D eigenvalue weighted by molar-refractivity contribution is -0.122. The summed E-state index contributed by atoms with van der Waals surface area (Å²) in [6.45, 7) is 2.98. The molecule has 66 valence electrons. The van der Waals surface area contributed by atoms with Gasteiger partial charge in [-0.05, 0) is 13.8 Å². The zero-order valence-corrected chi connectivity index (χ0v) is 7.64. The van der Waals surface area contributed by atoms with Crippen LogP contribution in [0.3, 0.4) is 0 Å². The van der Waals surface area contributed by atoms with Crippen LogP contribution in [0, 0.1) is 0 Å². The molecule has 0 unspecified atom stereocenters. The molecule has 3 nitrogen and oxygen atoms in total. The topological polar surface area (TPSA) is 43.4 Å². The number of carbonyl (C=O) groups excluding carboxylic acids is 2. The monoisotopic (exact) mass is 160 g/mol. The van der Waals surface area contributed by atoms with Gasteiger partial charge in [-0.25, -0.2) is 0 Å². The van der Waals surface area contributed by atoms with E-state index >= 15 is 0 Å². The minimum Gasteiger partial charge on any atom is -0.388 e. The molecule has 0 aliphatic heterocycles. The molecule has 0 heterocycles. The molecule has 11 heavy (non-hydrogen) atoms. The summed E-state index contributed by atoms with van der Waals surface area (Å²) >= 11 is 0. The predicted molar refractivity (Wildman–Crippen MR) is 43.5 cm³/mol. The minimum absolute atomic E-state index is 0.0835. The molecule has 3 heteroatoms. The van der Waals surface area contributed by atoms with Crippen LogP contribution in [0.4, 0.5) is 0 Å². The Kier molecular flexibility index (Phi) is 10.9. The zero-order valence-electron chi connectivity index (χ0n) is 7.64. The Morgan fingerprint density at radius 1 is 1.00 bits per heavy atom. The first-order valence-corrected chi connectivity index (χ1v) is 3.43. The van der Waals surface area contributed by atoms with Crippen molar-refractivity contribution in [1.82, 2.24) is 0 Å². The van der Waals surface area contributed by atoms with Gasteiger partial charge in [-0.3, -0.25) is 0 Å². The lowest BCUT2D eigenvalue weighted by atomic mass is 10.2. The Morgan fingerprint density at radius 3 is 1.27 bits per heavy atom. The van der Waals surface area contributed by atoms with Crippen molar-refractivity contribution in [1.29, 1.82) is 0 Å². The number of methoxy groups -OCH3 is 1. The van der Waals surface area contributed by atoms with Gasteiger partial charge in [0.05, 0.1) is 0 Å². The van der Waals surface area contributed by atoms with Crippen LogP contribution in [0.1, 0.15) is 26.7 Å². The number of ether oxygens (including phenoxy) is 1. The molecule has 0 aromatic heterocycles. The molecule has 0 N–H and O–H groups in total. The van der Waals surface area contributed by atoms with Crippen molar-refractivity contribution in [2.24, 2.45) is 0 Å². The van der Waals surface area contributed by atoms with E-state index in [2.05, 4.69) is 4.74 Å². The van der Waals surface area contributed by atoms with Gasteiger partial charge < -0.3 is 14.3 Å². The second-order valence-corrected chi connectivity index (χ2v) is 2.31. The Morgan fingerprint density at radius 2 is 1.18 bits per heavy atom. The van der Waals surface area contributed by atoms with Crippen molar-refractivity contribution >= 4 is 11.6 Å². The molecule has 0 bridgehead atoms. The van der Waals surface area contributed by atoms with Gasteiger partial charge in [-0.2, -0.15) is 0 Å². The van der Waals surface area contributed by atoms with Crippen molar-refractivity contribution in [3.63, 3.8) is 0 Å². The molecule has 0 rings (SSSR count). The number of rotatable bonds is 3. The van der Waals surface area contributed by atoms with Gasteiger partial charge in [0.15, 0.2) is 0 Å². The number of hydrogen-bond acceptors (Lipinski definition) is 3. The van der Waals surface area contributed by atoms with Gasteiger partial charge >= 0.3 is 0 Å². The van der Waals surface area contributed by atoms with E-state index in [1.54, 1.807) is 14.2 Å². The van der Waals surface area contributed by atoms with Crippen LogP contribution in [0.5, 0.6) is 0 Å². The predicted octanol–water partition coefficient (Wildman–Crippen LogP) is 1.21. The molecular weight excluding hydrogens is 144 g/mol. The van der Waals surface area contributed by atoms with Gasteiger partial charge in [-0.1, -0.05) is 0 Å². The standard InChI is InChI=1S/C6H10O2.C2H6O/c1-5(7)3-4-6(2)8;1-3-2/h3-4H2,1-2H3;1-2H3. The van der Waals surface area contributed by atoms with Crippen LogP contribution < -0.4 is 0 Å². The first-order chi connectivity index (χ1) is 5.04. The highest BCUT2D eigenvalue weighted by Gasteiger charge is 1.95. The van der Waals surface area contributed by atoms with Crippen molar-refractivity contribution in [3.05, 3.63) is 0 Å². The summed E-state index contributed by atoms with van der Waals surface area (Å²) in [5.74, 6) is 0.167. The van der Waals surface area contributed by atoms with Crippen molar-refractivity contribution in [3.8, 4) is 0 Å². The quantitative estimate of drug-likeness (QED) is 0.623. The average molecular weight is 160 g/mol. The Hall–Kier alpha value is -0.700. The molecular formula is C8H16O3. The smallest absolute Gasteiger partial charge is 0.130 e. The van der Waals surface area contributed by atoms with Crippen LogP contribution >= 0.6 is 0 Å². The molecule has 0 atom stereocenters. The highest BCUT2D eigenvalue weighted by molar-refractivity contribution is 5.83. The zero-order chi connectivity index (χ0) is 9.28. The second kappa shape index (κ2) is 9.30. The third-order valence-electron chi connectivity index (χ3n) is 0.829. The van der Waals surface area contributed by atoms with Gasteiger partial charge in [-0.15, -0.1) is 0 Å². The van der Waals surface area contributed by atoms with E-state index in [-0.39, 0.29) is 11.6 Å². The minimum atomic E-state index is 0.0835. The molecule has 0 saturated heterocycles. The Balaban J connectivity index is 0. The van der Waals surface area contributed by atoms with Crippen molar-refractivity contribution in [2.45, 2.75) is 26.7 Å². The van der Waals surface area contributed by atoms with Crippen LogP contribution in [0.15, 0.2) is 0 Å². The van der Waals surface area contributed by atoms with E-state index in [0.717, 1.165) is 0 Å². The third kappa shape index (κ3) is 26.8. The maximum atomic E-state index is 10.2. The largest absolute Gasteiger partial charge is 0.388 e. The van der Waals surface area contributed by atoms with E-state index < -0.39 is 0 Å². The Labute approximate surface area is 67.7 Å². The summed E-state index contributed by atoms with van der Waals surface area (Å²) in [6.07, 6.45) is 0.796.